The van der Waals surface area contributed by atoms with Gasteiger partial charge in [0.15, 0.2) is 5.13 Å². The van der Waals surface area contributed by atoms with Gasteiger partial charge in [-0.25, -0.2) is 14.6 Å². The molecule has 0 fully saturated rings. The minimum atomic E-state index is -0.939. The Balaban J connectivity index is 2.68. The van der Waals surface area contributed by atoms with Crippen molar-refractivity contribution in [2.45, 2.75) is 58.8 Å². The molecule has 124 valence electrons. The summed E-state index contributed by atoms with van der Waals surface area (Å²) in [7, 11) is 0. The Morgan fingerprint density at radius 2 is 1.73 bits per heavy atom. The van der Waals surface area contributed by atoms with Crippen molar-refractivity contribution in [2.75, 3.05) is 5.32 Å². The number of esters is 1. The van der Waals surface area contributed by atoms with Crippen LogP contribution < -0.4 is 11.1 Å². The Labute approximate surface area is 134 Å². The maximum absolute atomic E-state index is 11.9. The largest absolute Gasteiger partial charge is 0.459 e. The van der Waals surface area contributed by atoms with Crippen LogP contribution in [-0.2, 0) is 14.3 Å². The number of nitrogens with one attached hydrogen (secondary N) is 1. The lowest BCUT2D eigenvalue weighted by Gasteiger charge is -2.21. The third-order valence-electron chi connectivity index (χ3n) is 2.10. The number of amides is 1. The number of thiazole rings is 1. The fourth-order valence-electron chi connectivity index (χ4n) is 1.36. The Kier molecular flexibility index (Phi) is 5.53. The number of ether oxygens (including phenoxy) is 2. The van der Waals surface area contributed by atoms with Crippen LogP contribution in [0.2, 0.25) is 0 Å². The second-order valence-electron chi connectivity index (χ2n) is 6.71. The van der Waals surface area contributed by atoms with Crippen molar-refractivity contribution in [1.29, 1.82) is 0 Å². The first-order valence-electron chi connectivity index (χ1n) is 6.81. The first-order valence-corrected chi connectivity index (χ1v) is 7.63. The zero-order chi connectivity index (χ0) is 17.1. The summed E-state index contributed by atoms with van der Waals surface area (Å²) in [5, 5.41) is 2.81. The number of hydrogen-bond donors (Lipinski definition) is 2. The molecule has 8 heteroatoms. The normalized spacial score (nSPS) is 13.4. The number of carbonyl (C=O) groups excluding carboxylic acids is 2. The third kappa shape index (κ3) is 6.40. The Bertz CT molecular complexity index is 543. The summed E-state index contributed by atoms with van der Waals surface area (Å²) in [4.78, 5) is 28.0. The van der Waals surface area contributed by atoms with E-state index in [4.69, 9.17) is 15.2 Å². The Hall–Kier alpha value is -1.67. The van der Waals surface area contributed by atoms with Crippen LogP contribution in [0, 0.1) is 0 Å². The molecule has 0 saturated carbocycles. The fourth-order valence-corrected chi connectivity index (χ4v) is 2.15. The van der Waals surface area contributed by atoms with Crippen LogP contribution >= 0.6 is 11.3 Å². The van der Waals surface area contributed by atoms with E-state index in [1.807, 2.05) is 0 Å². The van der Waals surface area contributed by atoms with E-state index in [-0.39, 0.29) is 0 Å². The van der Waals surface area contributed by atoms with E-state index in [0.29, 0.717) is 10.0 Å². The molecule has 1 rings (SSSR count). The summed E-state index contributed by atoms with van der Waals surface area (Å²) in [6.07, 6.45) is 0.825. The quantitative estimate of drug-likeness (QED) is 0.826. The minimum Gasteiger partial charge on any atom is -0.459 e. The topological polar surface area (TPSA) is 104 Å². The van der Waals surface area contributed by atoms with Crippen molar-refractivity contribution in [3.8, 4) is 0 Å². The van der Waals surface area contributed by atoms with Gasteiger partial charge in [-0.3, -0.25) is 5.32 Å². The highest BCUT2D eigenvalue weighted by molar-refractivity contribution is 7.15. The van der Waals surface area contributed by atoms with Gasteiger partial charge in [-0.15, -0.1) is 0 Å². The van der Waals surface area contributed by atoms with Gasteiger partial charge in [-0.2, -0.15) is 0 Å². The summed E-state index contributed by atoms with van der Waals surface area (Å²) in [6.45, 7) is 10.6. The van der Waals surface area contributed by atoms with Crippen LogP contribution in [0.4, 0.5) is 9.93 Å². The van der Waals surface area contributed by atoms with E-state index in [1.54, 1.807) is 41.5 Å². The lowest BCUT2D eigenvalue weighted by Crippen LogP contribution is -2.31. The molecule has 22 heavy (non-hydrogen) atoms. The van der Waals surface area contributed by atoms with E-state index in [0.717, 1.165) is 11.3 Å². The highest BCUT2D eigenvalue weighted by Crippen LogP contribution is 2.25. The number of hydrogen-bond acceptors (Lipinski definition) is 7. The molecule has 0 aliphatic rings. The summed E-state index contributed by atoms with van der Waals surface area (Å²) in [6, 6.07) is -0.939. The van der Waals surface area contributed by atoms with Gasteiger partial charge in [0.25, 0.3) is 0 Å². The van der Waals surface area contributed by atoms with E-state index in [2.05, 4.69) is 10.3 Å². The molecule has 3 N–H and O–H groups in total. The molecule has 1 aromatic rings. The van der Waals surface area contributed by atoms with E-state index in [9.17, 15) is 9.59 Å². The summed E-state index contributed by atoms with van der Waals surface area (Å²) >= 11 is 1.10. The molecule has 1 atom stereocenters. The van der Waals surface area contributed by atoms with Crippen molar-refractivity contribution in [2.24, 2.45) is 5.73 Å². The number of nitrogens with zero attached hydrogens (tertiary/aromatic N) is 1. The molecule has 0 radical (unpaired) electrons. The molecule has 0 bridgehead atoms. The van der Waals surface area contributed by atoms with Gasteiger partial charge in [0.2, 0.25) is 0 Å². The zero-order valence-corrected chi connectivity index (χ0v) is 14.5. The molecule has 1 heterocycles. The first-order chi connectivity index (χ1) is 9.87. The molecule has 0 aliphatic heterocycles. The average molecular weight is 329 g/mol. The molecule has 0 saturated heterocycles. The summed E-state index contributed by atoms with van der Waals surface area (Å²) < 4.78 is 10.3. The first kappa shape index (κ1) is 18.4. The highest BCUT2D eigenvalue weighted by atomic mass is 32.1. The van der Waals surface area contributed by atoms with Crippen molar-refractivity contribution < 1.29 is 19.1 Å². The maximum Gasteiger partial charge on any atom is 0.413 e. The van der Waals surface area contributed by atoms with Gasteiger partial charge < -0.3 is 15.2 Å². The van der Waals surface area contributed by atoms with Crippen molar-refractivity contribution >= 4 is 28.5 Å². The van der Waals surface area contributed by atoms with Gasteiger partial charge in [0.05, 0.1) is 4.88 Å². The number of anilines is 1. The lowest BCUT2D eigenvalue weighted by atomic mass is 10.2. The molecular weight excluding hydrogens is 306 g/mol. The van der Waals surface area contributed by atoms with E-state index >= 15 is 0 Å². The molecule has 1 aromatic heterocycles. The van der Waals surface area contributed by atoms with Crippen LogP contribution in [0.1, 0.15) is 52.5 Å². The highest BCUT2D eigenvalue weighted by Gasteiger charge is 2.25. The van der Waals surface area contributed by atoms with Crippen molar-refractivity contribution in [3.05, 3.63) is 11.1 Å². The second kappa shape index (κ2) is 6.62. The van der Waals surface area contributed by atoms with Gasteiger partial charge >= 0.3 is 12.1 Å². The predicted molar refractivity (Wildman–Crippen MR) is 84.7 cm³/mol. The summed E-state index contributed by atoms with van der Waals surface area (Å²) in [5.41, 5.74) is 4.63. The van der Waals surface area contributed by atoms with E-state index < -0.39 is 29.3 Å². The molecule has 0 aliphatic carbocycles. The van der Waals surface area contributed by atoms with Crippen molar-refractivity contribution in [3.63, 3.8) is 0 Å². The maximum atomic E-state index is 11.9. The fraction of sp³-hybridized carbons (Fsp3) is 0.643. The van der Waals surface area contributed by atoms with Crippen LogP contribution in [0.25, 0.3) is 0 Å². The number of nitrogens with two attached hydrogens (primary N) is 1. The lowest BCUT2D eigenvalue weighted by molar-refractivity contribution is -0.156. The second-order valence-corrected chi connectivity index (χ2v) is 7.77. The van der Waals surface area contributed by atoms with Gasteiger partial charge in [0.1, 0.15) is 17.2 Å². The third-order valence-corrected chi connectivity index (χ3v) is 3.09. The molecule has 0 spiro atoms. The summed E-state index contributed by atoms with van der Waals surface area (Å²) in [5.74, 6) is -0.542. The zero-order valence-electron chi connectivity index (χ0n) is 13.7. The molecule has 7 nitrogen and oxygen atoms in total. The predicted octanol–water partition coefficient (Wildman–Crippen LogP) is 2.83. The smallest absolute Gasteiger partial charge is 0.413 e. The SMILES string of the molecule is CC(C)(C)OC(=O)Nc1ncc(C(N)C(=O)OC(C)(C)C)s1. The Morgan fingerprint density at radius 3 is 2.23 bits per heavy atom. The van der Waals surface area contributed by atoms with Crippen LogP contribution in [-0.4, -0.2) is 28.2 Å². The number of rotatable bonds is 3. The average Bonchev–Trinajstić information content (AvgIpc) is 2.71. The minimum absolute atomic E-state index is 0.309. The molecule has 1 amide bonds. The molecule has 0 aromatic carbocycles. The monoisotopic (exact) mass is 329 g/mol. The van der Waals surface area contributed by atoms with Gasteiger partial charge in [-0.05, 0) is 41.5 Å². The molecule has 1 unspecified atom stereocenters. The number of aromatic nitrogens is 1. The van der Waals surface area contributed by atoms with Crippen LogP contribution in [0.5, 0.6) is 0 Å². The Morgan fingerprint density at radius 1 is 1.18 bits per heavy atom. The standard InChI is InChI=1S/C14H23N3O4S/c1-13(2,3)20-10(18)9(15)8-7-16-11(22-8)17-12(19)21-14(4,5)6/h7,9H,15H2,1-6H3,(H,16,17,19). The van der Waals surface area contributed by atoms with Crippen LogP contribution in [0.15, 0.2) is 6.20 Å². The number of carbonyl (C=O) groups is 2. The molecular formula is C14H23N3O4S. The van der Waals surface area contributed by atoms with E-state index in [1.165, 1.54) is 6.20 Å². The van der Waals surface area contributed by atoms with Gasteiger partial charge in [-0.1, -0.05) is 11.3 Å². The van der Waals surface area contributed by atoms with Gasteiger partial charge in [0, 0.05) is 6.20 Å². The van der Waals surface area contributed by atoms with Crippen molar-refractivity contribution in [1.82, 2.24) is 4.98 Å². The van der Waals surface area contributed by atoms with Crippen LogP contribution in [0.3, 0.4) is 0 Å².